The predicted molar refractivity (Wildman–Crippen MR) is 81.6 cm³/mol. The Kier molecular flexibility index (Phi) is 9.93. The SMILES string of the molecule is CCCCCCCCC(=O)N(CC(N)=S)C(C)C. The number of carbonyl (C=O) groups is 1. The molecule has 3 nitrogen and oxygen atoms in total. The fourth-order valence-corrected chi connectivity index (χ4v) is 2.07. The second-order valence-corrected chi connectivity index (χ2v) is 5.62. The Hall–Kier alpha value is -0.640. The number of carbonyl (C=O) groups excluding carboxylic acids is 1. The van der Waals surface area contributed by atoms with E-state index >= 15 is 0 Å². The number of amides is 1. The van der Waals surface area contributed by atoms with E-state index in [9.17, 15) is 4.79 Å². The van der Waals surface area contributed by atoms with Crippen molar-refractivity contribution in [3.05, 3.63) is 0 Å². The van der Waals surface area contributed by atoms with Crippen LogP contribution in [0.3, 0.4) is 0 Å². The van der Waals surface area contributed by atoms with Gasteiger partial charge in [0.15, 0.2) is 0 Å². The first kappa shape index (κ1) is 17.4. The summed E-state index contributed by atoms with van der Waals surface area (Å²) in [5.41, 5.74) is 5.52. The lowest BCUT2D eigenvalue weighted by atomic mass is 10.1. The molecule has 4 heteroatoms. The molecule has 0 unspecified atom stereocenters. The summed E-state index contributed by atoms with van der Waals surface area (Å²) >= 11 is 4.88. The lowest BCUT2D eigenvalue weighted by Crippen LogP contribution is -2.42. The minimum absolute atomic E-state index is 0.166. The molecule has 0 saturated carbocycles. The molecule has 0 aromatic heterocycles. The van der Waals surface area contributed by atoms with E-state index in [1.54, 1.807) is 4.90 Å². The Morgan fingerprint density at radius 1 is 1.17 bits per heavy atom. The molecule has 0 saturated heterocycles. The largest absolute Gasteiger partial charge is 0.392 e. The van der Waals surface area contributed by atoms with Gasteiger partial charge in [-0.25, -0.2) is 0 Å². The second kappa shape index (κ2) is 10.3. The van der Waals surface area contributed by atoms with Gasteiger partial charge in [-0.15, -0.1) is 0 Å². The number of thiocarbonyl (C=S) groups is 1. The number of rotatable bonds is 10. The highest BCUT2D eigenvalue weighted by molar-refractivity contribution is 7.80. The number of hydrogen-bond donors (Lipinski definition) is 1. The first-order valence-electron chi connectivity index (χ1n) is 7.06. The van der Waals surface area contributed by atoms with Gasteiger partial charge in [-0.3, -0.25) is 4.79 Å². The fourth-order valence-electron chi connectivity index (χ4n) is 1.93. The van der Waals surface area contributed by atoms with Gasteiger partial charge in [0.1, 0.15) is 0 Å². The zero-order chi connectivity index (χ0) is 14.0. The van der Waals surface area contributed by atoms with Crippen molar-refractivity contribution in [1.82, 2.24) is 4.90 Å². The molecule has 0 rings (SSSR count). The van der Waals surface area contributed by atoms with Gasteiger partial charge in [-0.05, 0) is 20.3 Å². The molecule has 18 heavy (non-hydrogen) atoms. The summed E-state index contributed by atoms with van der Waals surface area (Å²) in [4.78, 5) is 14.2. The quantitative estimate of drug-likeness (QED) is 0.490. The maximum absolute atomic E-state index is 12.0. The molecule has 0 heterocycles. The van der Waals surface area contributed by atoms with E-state index in [2.05, 4.69) is 6.92 Å². The molecule has 0 aliphatic heterocycles. The molecule has 1 amide bonds. The van der Waals surface area contributed by atoms with Gasteiger partial charge in [0, 0.05) is 12.5 Å². The van der Waals surface area contributed by atoms with Gasteiger partial charge in [-0.2, -0.15) is 0 Å². The molecule has 0 spiro atoms. The standard InChI is InChI=1S/C14H28N2OS/c1-4-5-6-7-8-9-10-14(17)16(12(2)3)11-13(15)18/h12H,4-11H2,1-3H3,(H2,15,18). The number of nitrogens with zero attached hydrogens (tertiary/aromatic N) is 1. The Labute approximate surface area is 117 Å². The molecule has 0 fully saturated rings. The lowest BCUT2D eigenvalue weighted by Gasteiger charge is -2.26. The zero-order valence-corrected chi connectivity index (χ0v) is 12.9. The summed E-state index contributed by atoms with van der Waals surface area (Å²) in [6.07, 6.45) is 7.81. The van der Waals surface area contributed by atoms with Crippen molar-refractivity contribution in [3.8, 4) is 0 Å². The van der Waals surface area contributed by atoms with Crippen LogP contribution in [0, 0.1) is 0 Å². The second-order valence-electron chi connectivity index (χ2n) is 5.10. The normalized spacial score (nSPS) is 10.7. The van der Waals surface area contributed by atoms with E-state index < -0.39 is 0 Å². The first-order chi connectivity index (χ1) is 8.49. The molecule has 0 aromatic rings. The number of unbranched alkanes of at least 4 members (excludes halogenated alkanes) is 5. The van der Waals surface area contributed by atoms with Crippen LogP contribution < -0.4 is 5.73 Å². The minimum atomic E-state index is 0.166. The van der Waals surface area contributed by atoms with E-state index in [-0.39, 0.29) is 11.9 Å². The average Bonchev–Trinajstić information content (AvgIpc) is 2.29. The van der Waals surface area contributed by atoms with Crippen molar-refractivity contribution in [1.29, 1.82) is 0 Å². The van der Waals surface area contributed by atoms with Crippen LogP contribution in [0.15, 0.2) is 0 Å². The summed E-state index contributed by atoms with van der Waals surface area (Å²) in [5.74, 6) is 0.174. The average molecular weight is 272 g/mol. The third-order valence-electron chi connectivity index (χ3n) is 3.01. The third-order valence-corrected chi connectivity index (χ3v) is 3.14. The highest BCUT2D eigenvalue weighted by atomic mass is 32.1. The van der Waals surface area contributed by atoms with Gasteiger partial charge in [0.05, 0.1) is 11.5 Å². The van der Waals surface area contributed by atoms with Crippen LogP contribution in [0.1, 0.15) is 65.7 Å². The van der Waals surface area contributed by atoms with Crippen molar-refractivity contribution in [2.75, 3.05) is 6.54 Å². The maximum Gasteiger partial charge on any atom is 0.223 e. The van der Waals surface area contributed by atoms with E-state index in [4.69, 9.17) is 18.0 Å². The van der Waals surface area contributed by atoms with Gasteiger partial charge < -0.3 is 10.6 Å². The molecule has 0 aliphatic carbocycles. The molecule has 0 aliphatic rings. The third kappa shape index (κ3) is 8.45. The summed E-state index contributed by atoms with van der Waals surface area (Å²) in [7, 11) is 0. The van der Waals surface area contributed by atoms with Crippen LogP contribution in [-0.2, 0) is 4.79 Å². The summed E-state index contributed by atoms with van der Waals surface area (Å²) in [5, 5.41) is 0. The Morgan fingerprint density at radius 2 is 1.72 bits per heavy atom. The van der Waals surface area contributed by atoms with E-state index in [0.29, 0.717) is 18.0 Å². The molecule has 106 valence electrons. The van der Waals surface area contributed by atoms with Crippen LogP contribution in [0.25, 0.3) is 0 Å². The smallest absolute Gasteiger partial charge is 0.223 e. The summed E-state index contributed by atoms with van der Waals surface area (Å²) < 4.78 is 0. The summed E-state index contributed by atoms with van der Waals surface area (Å²) in [6, 6.07) is 0.166. The Bertz CT molecular complexity index is 254. The fraction of sp³-hybridized carbons (Fsp3) is 0.857. The number of hydrogen-bond acceptors (Lipinski definition) is 2. The van der Waals surface area contributed by atoms with Crippen molar-refractivity contribution in [2.24, 2.45) is 5.73 Å². The molecule has 0 atom stereocenters. The number of nitrogens with two attached hydrogens (primary N) is 1. The van der Waals surface area contributed by atoms with Crippen LogP contribution >= 0.6 is 12.2 Å². The van der Waals surface area contributed by atoms with Crippen LogP contribution in [0.4, 0.5) is 0 Å². The molecule has 0 radical (unpaired) electrons. The molecule has 0 aromatic carbocycles. The van der Waals surface area contributed by atoms with Gasteiger partial charge in [0.25, 0.3) is 0 Å². The predicted octanol–water partition coefficient (Wildman–Crippen LogP) is 3.26. The Balaban J connectivity index is 3.85. The molecule has 0 bridgehead atoms. The van der Waals surface area contributed by atoms with Crippen LogP contribution in [0.2, 0.25) is 0 Å². The molecular weight excluding hydrogens is 244 g/mol. The summed E-state index contributed by atoms with van der Waals surface area (Å²) in [6.45, 7) is 6.61. The van der Waals surface area contributed by atoms with Crippen LogP contribution in [-0.4, -0.2) is 28.4 Å². The van der Waals surface area contributed by atoms with E-state index in [0.717, 1.165) is 12.8 Å². The van der Waals surface area contributed by atoms with E-state index in [1.807, 2.05) is 13.8 Å². The highest BCUT2D eigenvalue weighted by Crippen LogP contribution is 2.09. The lowest BCUT2D eigenvalue weighted by molar-refractivity contribution is -0.132. The Morgan fingerprint density at radius 3 is 2.22 bits per heavy atom. The van der Waals surface area contributed by atoms with Gasteiger partial charge in [0.2, 0.25) is 5.91 Å². The van der Waals surface area contributed by atoms with E-state index in [1.165, 1.54) is 25.7 Å². The van der Waals surface area contributed by atoms with Crippen molar-refractivity contribution >= 4 is 23.1 Å². The van der Waals surface area contributed by atoms with Gasteiger partial charge >= 0.3 is 0 Å². The van der Waals surface area contributed by atoms with Crippen molar-refractivity contribution < 1.29 is 4.79 Å². The minimum Gasteiger partial charge on any atom is -0.392 e. The van der Waals surface area contributed by atoms with Crippen molar-refractivity contribution in [2.45, 2.75) is 71.8 Å². The topological polar surface area (TPSA) is 46.3 Å². The first-order valence-corrected chi connectivity index (χ1v) is 7.47. The maximum atomic E-state index is 12.0. The van der Waals surface area contributed by atoms with Gasteiger partial charge in [-0.1, -0.05) is 51.2 Å². The highest BCUT2D eigenvalue weighted by Gasteiger charge is 2.16. The molecular formula is C14H28N2OS. The molecule has 2 N–H and O–H groups in total. The zero-order valence-electron chi connectivity index (χ0n) is 12.1. The monoisotopic (exact) mass is 272 g/mol. The van der Waals surface area contributed by atoms with Crippen molar-refractivity contribution in [3.63, 3.8) is 0 Å². The van der Waals surface area contributed by atoms with Crippen LogP contribution in [0.5, 0.6) is 0 Å².